The zero-order valence-corrected chi connectivity index (χ0v) is 7.10. The van der Waals surface area contributed by atoms with Crippen molar-refractivity contribution < 1.29 is 4.79 Å². The van der Waals surface area contributed by atoms with E-state index in [1.807, 2.05) is 30.5 Å². The third kappa shape index (κ3) is 1.69. The minimum atomic E-state index is 0.0763. The Morgan fingerprint density at radius 3 is 2.69 bits per heavy atom. The summed E-state index contributed by atoms with van der Waals surface area (Å²) >= 11 is 0. The van der Waals surface area contributed by atoms with Crippen molar-refractivity contribution in [1.82, 2.24) is 9.55 Å². The van der Waals surface area contributed by atoms with Crippen molar-refractivity contribution in [2.45, 2.75) is 6.42 Å². The normalized spacial score (nSPS) is 10.2. The lowest BCUT2D eigenvalue weighted by atomic mass is 10.3. The van der Waals surface area contributed by atoms with Crippen LogP contribution in [0.25, 0.3) is 0 Å². The summed E-state index contributed by atoms with van der Waals surface area (Å²) in [6.07, 6.45) is 5.75. The Morgan fingerprint density at radius 1 is 1.31 bits per heavy atom. The zero-order valence-electron chi connectivity index (χ0n) is 7.10. The number of aromatic amines is 1. The second kappa shape index (κ2) is 3.31. The molecule has 0 radical (unpaired) electrons. The molecule has 0 aliphatic heterocycles. The highest BCUT2D eigenvalue weighted by atomic mass is 16.1. The lowest BCUT2D eigenvalue weighted by molar-refractivity contribution is 0.0913. The van der Waals surface area contributed by atoms with Crippen LogP contribution in [0.4, 0.5) is 0 Å². The molecular weight excluding hydrogens is 164 g/mol. The molecule has 0 amide bonds. The monoisotopic (exact) mass is 174 g/mol. The number of nitrogens with one attached hydrogen (secondary N) is 1. The Balaban J connectivity index is 2.08. The van der Waals surface area contributed by atoms with E-state index in [0.29, 0.717) is 6.42 Å². The van der Waals surface area contributed by atoms with Gasteiger partial charge >= 0.3 is 0 Å². The van der Waals surface area contributed by atoms with Gasteiger partial charge in [0.1, 0.15) is 0 Å². The molecule has 0 spiro atoms. The summed E-state index contributed by atoms with van der Waals surface area (Å²) in [7, 11) is 0. The highest BCUT2D eigenvalue weighted by Gasteiger charge is 2.04. The molecule has 0 saturated heterocycles. The first-order valence-corrected chi connectivity index (χ1v) is 4.15. The second-order valence-electron chi connectivity index (χ2n) is 2.86. The summed E-state index contributed by atoms with van der Waals surface area (Å²) in [6, 6.07) is 7.47. The largest absolute Gasteiger partial charge is 0.365 e. The van der Waals surface area contributed by atoms with E-state index in [2.05, 4.69) is 4.98 Å². The molecule has 0 aliphatic rings. The number of carbonyl (C=O) groups excluding carboxylic acids is 1. The number of hydrogen-bond acceptors (Lipinski definition) is 1. The lowest BCUT2D eigenvalue weighted by Crippen LogP contribution is -2.11. The minimum absolute atomic E-state index is 0.0763. The number of carbonyl (C=O) groups is 1. The van der Waals surface area contributed by atoms with Gasteiger partial charge in [-0.2, -0.15) is 0 Å². The van der Waals surface area contributed by atoms with Gasteiger partial charge < -0.3 is 4.98 Å². The van der Waals surface area contributed by atoms with Crippen LogP contribution in [0.15, 0.2) is 42.9 Å². The van der Waals surface area contributed by atoms with Crippen molar-refractivity contribution in [3.05, 3.63) is 48.5 Å². The number of aromatic nitrogens is 2. The fourth-order valence-electron chi connectivity index (χ4n) is 1.23. The molecule has 13 heavy (non-hydrogen) atoms. The fourth-order valence-corrected chi connectivity index (χ4v) is 1.23. The highest BCUT2D eigenvalue weighted by molar-refractivity contribution is 5.80. The lowest BCUT2D eigenvalue weighted by Gasteiger charge is -1.98. The van der Waals surface area contributed by atoms with Crippen molar-refractivity contribution >= 4 is 5.91 Å². The van der Waals surface area contributed by atoms with Gasteiger partial charge in [0.15, 0.2) is 0 Å². The molecule has 2 aromatic rings. The van der Waals surface area contributed by atoms with Gasteiger partial charge in [-0.3, -0.25) is 9.36 Å². The average molecular weight is 174 g/mol. The fraction of sp³-hybridized carbons (Fsp3) is 0.100. The molecular formula is C10H10N2O. The maximum absolute atomic E-state index is 11.5. The average Bonchev–Trinajstić information content (AvgIpc) is 2.74. The van der Waals surface area contributed by atoms with Crippen molar-refractivity contribution in [1.29, 1.82) is 0 Å². The van der Waals surface area contributed by atoms with Crippen LogP contribution in [0.2, 0.25) is 0 Å². The van der Waals surface area contributed by atoms with Gasteiger partial charge in [0.05, 0.1) is 6.42 Å². The second-order valence-corrected chi connectivity index (χ2v) is 2.86. The Hall–Kier alpha value is -1.77. The third-order valence-electron chi connectivity index (χ3n) is 1.90. The topological polar surface area (TPSA) is 37.8 Å². The predicted octanol–water partition coefficient (Wildman–Crippen LogP) is 1.70. The quantitative estimate of drug-likeness (QED) is 0.739. The van der Waals surface area contributed by atoms with E-state index in [1.165, 1.54) is 0 Å². The first-order chi connectivity index (χ1) is 6.36. The van der Waals surface area contributed by atoms with Gasteiger partial charge in [0.2, 0.25) is 5.91 Å². The van der Waals surface area contributed by atoms with Crippen molar-refractivity contribution in [3.63, 3.8) is 0 Å². The van der Waals surface area contributed by atoms with E-state index in [9.17, 15) is 4.79 Å². The Kier molecular flexibility index (Phi) is 2.00. The molecule has 0 saturated carbocycles. The molecule has 0 fully saturated rings. The standard InChI is InChI=1S/C10H10N2O/c13-10(12-6-1-2-7-12)8-9-4-3-5-11-9/h1-7,11H,8H2. The Morgan fingerprint density at radius 2 is 2.08 bits per heavy atom. The zero-order chi connectivity index (χ0) is 9.10. The number of H-pyrrole nitrogens is 1. The van der Waals surface area contributed by atoms with E-state index < -0.39 is 0 Å². The molecule has 2 heterocycles. The number of nitrogens with zero attached hydrogens (tertiary/aromatic N) is 1. The van der Waals surface area contributed by atoms with E-state index in [1.54, 1.807) is 17.0 Å². The molecule has 3 heteroatoms. The number of hydrogen-bond donors (Lipinski definition) is 1. The molecule has 0 unspecified atom stereocenters. The Bertz CT molecular complexity index is 373. The van der Waals surface area contributed by atoms with Gasteiger partial charge in [0.25, 0.3) is 0 Å². The summed E-state index contributed by atoms with van der Waals surface area (Å²) < 4.78 is 1.58. The van der Waals surface area contributed by atoms with E-state index >= 15 is 0 Å². The molecule has 0 bridgehead atoms. The summed E-state index contributed by atoms with van der Waals surface area (Å²) in [4.78, 5) is 14.5. The van der Waals surface area contributed by atoms with Crippen LogP contribution in [0.3, 0.4) is 0 Å². The maximum Gasteiger partial charge on any atom is 0.236 e. The Labute approximate surface area is 76.0 Å². The van der Waals surface area contributed by atoms with Crippen LogP contribution in [0.1, 0.15) is 10.5 Å². The molecule has 2 aromatic heterocycles. The summed E-state index contributed by atoms with van der Waals surface area (Å²) in [5.74, 6) is 0.0763. The maximum atomic E-state index is 11.5. The highest BCUT2D eigenvalue weighted by Crippen LogP contribution is 1.99. The van der Waals surface area contributed by atoms with E-state index in [4.69, 9.17) is 0 Å². The first-order valence-electron chi connectivity index (χ1n) is 4.15. The van der Waals surface area contributed by atoms with E-state index in [-0.39, 0.29) is 5.91 Å². The molecule has 1 N–H and O–H groups in total. The predicted molar refractivity (Wildman–Crippen MR) is 49.6 cm³/mol. The first kappa shape index (κ1) is 7.86. The minimum Gasteiger partial charge on any atom is -0.365 e. The summed E-state index contributed by atoms with van der Waals surface area (Å²) in [5, 5.41) is 0. The van der Waals surface area contributed by atoms with Crippen molar-refractivity contribution in [3.8, 4) is 0 Å². The van der Waals surface area contributed by atoms with Crippen molar-refractivity contribution in [2.75, 3.05) is 0 Å². The van der Waals surface area contributed by atoms with Crippen LogP contribution >= 0.6 is 0 Å². The molecule has 2 rings (SSSR count). The summed E-state index contributed by atoms with van der Waals surface area (Å²) in [5.41, 5.74) is 0.943. The van der Waals surface area contributed by atoms with Crippen LogP contribution in [0, 0.1) is 0 Å². The van der Waals surface area contributed by atoms with Crippen LogP contribution in [-0.2, 0) is 6.42 Å². The van der Waals surface area contributed by atoms with Gasteiger partial charge in [-0.05, 0) is 24.3 Å². The molecule has 66 valence electrons. The smallest absolute Gasteiger partial charge is 0.236 e. The molecule has 3 nitrogen and oxygen atoms in total. The van der Waals surface area contributed by atoms with Crippen molar-refractivity contribution in [2.24, 2.45) is 0 Å². The van der Waals surface area contributed by atoms with Gasteiger partial charge in [-0.25, -0.2) is 0 Å². The van der Waals surface area contributed by atoms with Crippen LogP contribution in [0.5, 0.6) is 0 Å². The third-order valence-corrected chi connectivity index (χ3v) is 1.90. The number of rotatable bonds is 2. The van der Waals surface area contributed by atoms with Gasteiger partial charge in [-0.1, -0.05) is 0 Å². The molecule has 0 aliphatic carbocycles. The van der Waals surface area contributed by atoms with E-state index in [0.717, 1.165) is 5.69 Å². The molecule has 0 atom stereocenters. The SMILES string of the molecule is O=C(Cc1ccc[nH]1)n1cccc1. The van der Waals surface area contributed by atoms with Gasteiger partial charge in [0, 0.05) is 24.3 Å². The van der Waals surface area contributed by atoms with Crippen LogP contribution in [-0.4, -0.2) is 15.5 Å². The summed E-state index contributed by atoms with van der Waals surface area (Å²) in [6.45, 7) is 0. The van der Waals surface area contributed by atoms with Crippen LogP contribution < -0.4 is 0 Å². The molecule has 0 aromatic carbocycles. The van der Waals surface area contributed by atoms with Gasteiger partial charge in [-0.15, -0.1) is 0 Å².